The minimum Gasteiger partial charge on any atom is -0.302 e. The molecule has 14 heavy (non-hydrogen) atoms. The lowest BCUT2D eigenvalue weighted by atomic mass is 10.1. The van der Waals surface area contributed by atoms with Crippen molar-refractivity contribution >= 4 is 11.6 Å². The Bertz CT molecular complexity index is 169. The van der Waals surface area contributed by atoms with Crippen molar-refractivity contribution in [3.63, 3.8) is 0 Å². The molecule has 3 heteroatoms. The van der Waals surface area contributed by atoms with E-state index in [0.29, 0.717) is 5.38 Å². The topological polar surface area (TPSA) is 6.48 Å². The molecule has 0 aromatic heterocycles. The van der Waals surface area contributed by atoms with E-state index in [0.717, 1.165) is 6.54 Å². The average molecular weight is 217 g/mol. The van der Waals surface area contributed by atoms with E-state index >= 15 is 0 Å². The molecular formula is C11H21ClN2. The van der Waals surface area contributed by atoms with Gasteiger partial charge < -0.3 is 9.80 Å². The van der Waals surface area contributed by atoms with E-state index in [4.69, 9.17) is 11.6 Å². The van der Waals surface area contributed by atoms with Crippen LogP contribution in [0.4, 0.5) is 0 Å². The number of alkyl halides is 1. The highest BCUT2D eigenvalue weighted by molar-refractivity contribution is 6.20. The summed E-state index contributed by atoms with van der Waals surface area (Å²) in [5.41, 5.74) is 0. The summed E-state index contributed by atoms with van der Waals surface area (Å²) < 4.78 is 0. The zero-order valence-electron chi connectivity index (χ0n) is 8.92. The first-order valence-corrected chi connectivity index (χ1v) is 6.37. The van der Waals surface area contributed by atoms with Crippen LogP contribution in [0.1, 0.15) is 25.7 Å². The Morgan fingerprint density at radius 3 is 2.29 bits per heavy atom. The highest BCUT2D eigenvalue weighted by atomic mass is 35.5. The highest BCUT2D eigenvalue weighted by Gasteiger charge is 2.18. The largest absolute Gasteiger partial charge is 0.302 e. The summed E-state index contributed by atoms with van der Waals surface area (Å²) in [5, 5.41) is 0.405. The van der Waals surface area contributed by atoms with E-state index < -0.39 is 0 Å². The molecule has 2 nitrogen and oxygen atoms in total. The molecule has 0 radical (unpaired) electrons. The summed E-state index contributed by atoms with van der Waals surface area (Å²) in [6.45, 7) is 7.48. The number of halogens is 1. The Balaban J connectivity index is 1.64. The summed E-state index contributed by atoms with van der Waals surface area (Å²) in [4.78, 5) is 5.11. The van der Waals surface area contributed by atoms with E-state index in [9.17, 15) is 0 Å². The minimum absolute atomic E-state index is 0.405. The van der Waals surface area contributed by atoms with E-state index in [1.165, 1.54) is 58.4 Å². The highest BCUT2D eigenvalue weighted by Crippen LogP contribution is 2.15. The van der Waals surface area contributed by atoms with Gasteiger partial charge in [0, 0.05) is 25.0 Å². The van der Waals surface area contributed by atoms with Crippen molar-refractivity contribution in [1.29, 1.82) is 0 Å². The zero-order valence-corrected chi connectivity index (χ0v) is 9.68. The van der Waals surface area contributed by atoms with Gasteiger partial charge in [-0.25, -0.2) is 0 Å². The van der Waals surface area contributed by atoms with Crippen LogP contribution in [0.3, 0.4) is 0 Å². The number of likely N-dealkylation sites (tertiary alicyclic amines) is 2. The maximum absolute atomic E-state index is 6.15. The fraction of sp³-hybridized carbons (Fsp3) is 1.00. The van der Waals surface area contributed by atoms with Crippen molar-refractivity contribution in [3.8, 4) is 0 Å². The summed E-state index contributed by atoms with van der Waals surface area (Å²) in [6.07, 6.45) is 5.30. The smallest absolute Gasteiger partial charge is 0.0463 e. The van der Waals surface area contributed by atoms with Gasteiger partial charge in [-0.3, -0.25) is 0 Å². The van der Waals surface area contributed by atoms with Crippen molar-refractivity contribution in [1.82, 2.24) is 9.80 Å². The summed E-state index contributed by atoms with van der Waals surface area (Å²) >= 11 is 6.15. The van der Waals surface area contributed by atoms with Crippen LogP contribution in [0.5, 0.6) is 0 Å². The van der Waals surface area contributed by atoms with Crippen LogP contribution < -0.4 is 0 Å². The number of rotatable bonds is 3. The molecule has 0 saturated carbocycles. The fourth-order valence-corrected chi connectivity index (χ4v) is 2.84. The van der Waals surface area contributed by atoms with Crippen molar-refractivity contribution in [2.24, 2.45) is 0 Å². The molecule has 0 bridgehead atoms. The maximum atomic E-state index is 6.15. The lowest BCUT2D eigenvalue weighted by molar-refractivity contribution is 0.198. The second-order valence-corrected chi connectivity index (χ2v) is 5.21. The van der Waals surface area contributed by atoms with E-state index in [-0.39, 0.29) is 0 Å². The SMILES string of the molecule is ClC1CCCN(CCN2CCCC2)C1. The van der Waals surface area contributed by atoms with Gasteiger partial charge in [0.2, 0.25) is 0 Å². The molecule has 2 heterocycles. The third kappa shape index (κ3) is 3.11. The standard InChI is InChI=1S/C11H21ClN2/c12-11-4-3-7-14(10-11)9-8-13-5-1-2-6-13/h11H,1-10H2. The Kier molecular flexibility index (Phi) is 4.09. The van der Waals surface area contributed by atoms with Crippen LogP contribution in [0.15, 0.2) is 0 Å². The molecule has 2 saturated heterocycles. The van der Waals surface area contributed by atoms with Gasteiger partial charge in [0.1, 0.15) is 0 Å². The molecule has 82 valence electrons. The number of piperidine rings is 1. The molecule has 2 aliphatic heterocycles. The number of nitrogens with zero attached hydrogens (tertiary/aromatic N) is 2. The van der Waals surface area contributed by atoms with Gasteiger partial charge in [0.05, 0.1) is 0 Å². The lowest BCUT2D eigenvalue weighted by Gasteiger charge is -2.30. The van der Waals surface area contributed by atoms with Crippen LogP contribution in [0.25, 0.3) is 0 Å². The predicted molar refractivity (Wildman–Crippen MR) is 61.0 cm³/mol. The molecule has 2 aliphatic rings. The maximum Gasteiger partial charge on any atom is 0.0463 e. The molecule has 0 N–H and O–H groups in total. The van der Waals surface area contributed by atoms with Crippen molar-refractivity contribution in [3.05, 3.63) is 0 Å². The van der Waals surface area contributed by atoms with Gasteiger partial charge >= 0.3 is 0 Å². The second kappa shape index (κ2) is 5.34. The molecule has 0 aromatic carbocycles. The normalized spacial score (nSPS) is 31.1. The first-order chi connectivity index (χ1) is 6.84. The molecule has 0 aliphatic carbocycles. The molecule has 0 amide bonds. The molecule has 0 spiro atoms. The summed E-state index contributed by atoms with van der Waals surface area (Å²) in [6, 6.07) is 0. The molecular weight excluding hydrogens is 196 g/mol. The fourth-order valence-electron chi connectivity index (χ4n) is 2.49. The van der Waals surface area contributed by atoms with E-state index in [2.05, 4.69) is 9.80 Å². The van der Waals surface area contributed by atoms with Gasteiger partial charge in [-0.15, -0.1) is 11.6 Å². The number of hydrogen-bond acceptors (Lipinski definition) is 2. The van der Waals surface area contributed by atoms with Gasteiger partial charge in [-0.1, -0.05) is 0 Å². The monoisotopic (exact) mass is 216 g/mol. The van der Waals surface area contributed by atoms with Crippen molar-refractivity contribution < 1.29 is 0 Å². The quantitative estimate of drug-likeness (QED) is 0.664. The first-order valence-electron chi connectivity index (χ1n) is 5.93. The third-order valence-electron chi connectivity index (χ3n) is 3.38. The van der Waals surface area contributed by atoms with Crippen LogP contribution in [0, 0.1) is 0 Å². The average Bonchev–Trinajstić information content (AvgIpc) is 2.67. The van der Waals surface area contributed by atoms with Gasteiger partial charge in [0.15, 0.2) is 0 Å². The number of hydrogen-bond donors (Lipinski definition) is 0. The van der Waals surface area contributed by atoms with Crippen LogP contribution >= 0.6 is 11.6 Å². The van der Waals surface area contributed by atoms with Gasteiger partial charge in [-0.2, -0.15) is 0 Å². The Hall–Kier alpha value is 0.210. The summed E-state index contributed by atoms with van der Waals surface area (Å²) in [7, 11) is 0. The zero-order chi connectivity index (χ0) is 9.80. The second-order valence-electron chi connectivity index (χ2n) is 4.59. The molecule has 2 rings (SSSR count). The Morgan fingerprint density at radius 1 is 0.929 bits per heavy atom. The van der Waals surface area contributed by atoms with Crippen LogP contribution in [-0.2, 0) is 0 Å². The molecule has 0 aromatic rings. The Labute approximate surface area is 92.2 Å². The minimum atomic E-state index is 0.405. The molecule has 2 fully saturated rings. The van der Waals surface area contributed by atoms with Crippen molar-refractivity contribution in [2.45, 2.75) is 31.1 Å². The van der Waals surface area contributed by atoms with Crippen LogP contribution in [-0.4, -0.2) is 54.4 Å². The first kappa shape index (κ1) is 10.7. The van der Waals surface area contributed by atoms with Gasteiger partial charge in [0.25, 0.3) is 0 Å². The Morgan fingerprint density at radius 2 is 1.57 bits per heavy atom. The van der Waals surface area contributed by atoms with E-state index in [1.54, 1.807) is 0 Å². The third-order valence-corrected chi connectivity index (χ3v) is 3.74. The predicted octanol–water partition coefficient (Wildman–Crippen LogP) is 1.79. The summed E-state index contributed by atoms with van der Waals surface area (Å²) in [5.74, 6) is 0. The van der Waals surface area contributed by atoms with Gasteiger partial charge in [-0.05, 0) is 45.3 Å². The van der Waals surface area contributed by atoms with E-state index in [1.807, 2.05) is 0 Å². The molecule has 1 atom stereocenters. The lowest BCUT2D eigenvalue weighted by Crippen LogP contribution is -2.40. The van der Waals surface area contributed by atoms with Crippen LogP contribution in [0.2, 0.25) is 0 Å². The van der Waals surface area contributed by atoms with Crippen molar-refractivity contribution in [2.75, 3.05) is 39.3 Å². The molecule has 1 unspecified atom stereocenters.